The van der Waals surface area contributed by atoms with E-state index < -0.39 is 0 Å². The molecule has 2 rings (SSSR count). The lowest BCUT2D eigenvalue weighted by atomic mass is 10.0. The Bertz CT molecular complexity index is 161. The molecule has 1 aliphatic heterocycles. The molecule has 0 bridgehead atoms. The molecule has 0 aromatic carbocycles. The largest absolute Gasteiger partial charge is 0.328 e. The normalized spacial score (nSPS) is 34.2. The minimum Gasteiger partial charge on any atom is -0.328 e. The highest BCUT2D eigenvalue weighted by molar-refractivity contribution is 4.86. The lowest BCUT2D eigenvalue weighted by Crippen LogP contribution is -2.34. The molecule has 1 saturated carbocycles. The van der Waals surface area contributed by atoms with Crippen LogP contribution in [0.25, 0.3) is 0 Å². The van der Waals surface area contributed by atoms with Gasteiger partial charge in [0, 0.05) is 18.6 Å². The third kappa shape index (κ3) is 2.05. The van der Waals surface area contributed by atoms with Crippen LogP contribution in [-0.2, 0) is 0 Å². The van der Waals surface area contributed by atoms with E-state index in [9.17, 15) is 0 Å². The van der Waals surface area contributed by atoms with Gasteiger partial charge in [-0.25, -0.2) is 0 Å². The van der Waals surface area contributed by atoms with Gasteiger partial charge in [0.1, 0.15) is 0 Å². The Labute approximate surface area is 81.5 Å². The molecule has 2 heteroatoms. The summed E-state index contributed by atoms with van der Waals surface area (Å²) in [5.74, 6) is 0.764. The standard InChI is InChI=1S/C11H22N2/c1-9(12)10-6-7-13(8-10)11-4-2-3-5-11/h9-11H,2-8,12H2,1H3. The number of hydrogen-bond donors (Lipinski definition) is 1. The van der Waals surface area contributed by atoms with Crippen LogP contribution in [0.2, 0.25) is 0 Å². The maximum atomic E-state index is 5.93. The average Bonchev–Trinajstić information content (AvgIpc) is 2.75. The first-order valence-corrected chi connectivity index (χ1v) is 5.77. The van der Waals surface area contributed by atoms with E-state index in [2.05, 4.69) is 11.8 Å². The Balaban J connectivity index is 1.83. The van der Waals surface area contributed by atoms with Crippen molar-refractivity contribution in [1.82, 2.24) is 4.90 Å². The highest BCUT2D eigenvalue weighted by atomic mass is 15.2. The fraction of sp³-hybridized carbons (Fsp3) is 1.00. The van der Waals surface area contributed by atoms with Crippen LogP contribution in [0.1, 0.15) is 39.0 Å². The summed E-state index contributed by atoms with van der Waals surface area (Å²) < 4.78 is 0. The predicted octanol–water partition coefficient (Wildman–Crippen LogP) is 1.60. The van der Waals surface area contributed by atoms with Crippen molar-refractivity contribution in [3.05, 3.63) is 0 Å². The van der Waals surface area contributed by atoms with Crippen LogP contribution in [-0.4, -0.2) is 30.1 Å². The molecule has 0 spiro atoms. The molecule has 2 N–H and O–H groups in total. The molecule has 1 saturated heterocycles. The van der Waals surface area contributed by atoms with E-state index in [-0.39, 0.29) is 0 Å². The van der Waals surface area contributed by atoms with Crippen LogP contribution in [0, 0.1) is 5.92 Å². The molecule has 2 aliphatic rings. The molecular weight excluding hydrogens is 160 g/mol. The van der Waals surface area contributed by atoms with Gasteiger partial charge < -0.3 is 10.6 Å². The van der Waals surface area contributed by atoms with E-state index in [1.165, 1.54) is 45.2 Å². The van der Waals surface area contributed by atoms with Gasteiger partial charge in [0.25, 0.3) is 0 Å². The van der Waals surface area contributed by atoms with Gasteiger partial charge in [-0.3, -0.25) is 0 Å². The topological polar surface area (TPSA) is 29.3 Å². The smallest absolute Gasteiger partial charge is 0.00953 e. The number of nitrogens with two attached hydrogens (primary N) is 1. The molecule has 2 fully saturated rings. The third-order valence-corrected chi connectivity index (χ3v) is 3.84. The molecule has 0 aromatic heterocycles. The van der Waals surface area contributed by atoms with Gasteiger partial charge in [-0.05, 0) is 38.6 Å². The van der Waals surface area contributed by atoms with Gasteiger partial charge in [-0.2, -0.15) is 0 Å². The Kier molecular flexibility index (Phi) is 2.89. The average molecular weight is 182 g/mol. The van der Waals surface area contributed by atoms with Crippen molar-refractivity contribution in [1.29, 1.82) is 0 Å². The molecule has 1 aliphatic carbocycles. The Morgan fingerprint density at radius 3 is 2.46 bits per heavy atom. The summed E-state index contributed by atoms with van der Waals surface area (Å²) in [6, 6.07) is 1.30. The SMILES string of the molecule is CC(N)C1CCN(C2CCCC2)C1. The van der Waals surface area contributed by atoms with Crippen molar-refractivity contribution in [2.45, 2.75) is 51.1 Å². The molecule has 1 heterocycles. The highest BCUT2D eigenvalue weighted by Crippen LogP contribution is 2.29. The zero-order chi connectivity index (χ0) is 9.26. The Morgan fingerprint density at radius 2 is 1.92 bits per heavy atom. The van der Waals surface area contributed by atoms with Gasteiger partial charge in [0.2, 0.25) is 0 Å². The van der Waals surface area contributed by atoms with Crippen LogP contribution in [0.5, 0.6) is 0 Å². The number of nitrogens with zero attached hydrogens (tertiary/aromatic N) is 1. The van der Waals surface area contributed by atoms with Crippen LogP contribution in [0.4, 0.5) is 0 Å². The van der Waals surface area contributed by atoms with Crippen molar-refractivity contribution in [3.8, 4) is 0 Å². The summed E-state index contributed by atoms with van der Waals surface area (Å²) in [4.78, 5) is 2.68. The quantitative estimate of drug-likeness (QED) is 0.703. The van der Waals surface area contributed by atoms with Gasteiger partial charge >= 0.3 is 0 Å². The Hall–Kier alpha value is -0.0800. The summed E-state index contributed by atoms with van der Waals surface area (Å²) >= 11 is 0. The van der Waals surface area contributed by atoms with Gasteiger partial charge in [-0.1, -0.05) is 12.8 Å². The zero-order valence-electron chi connectivity index (χ0n) is 8.71. The summed E-state index contributed by atoms with van der Waals surface area (Å²) in [5.41, 5.74) is 5.93. The minimum atomic E-state index is 0.395. The van der Waals surface area contributed by atoms with Crippen molar-refractivity contribution in [2.75, 3.05) is 13.1 Å². The summed E-state index contributed by atoms with van der Waals surface area (Å²) in [7, 11) is 0. The third-order valence-electron chi connectivity index (χ3n) is 3.84. The van der Waals surface area contributed by atoms with E-state index in [1.807, 2.05) is 0 Å². The van der Waals surface area contributed by atoms with Crippen molar-refractivity contribution >= 4 is 0 Å². The number of rotatable bonds is 2. The van der Waals surface area contributed by atoms with Crippen LogP contribution < -0.4 is 5.73 Å². The summed E-state index contributed by atoms with van der Waals surface area (Å²) in [6.45, 7) is 4.72. The molecule has 2 nitrogen and oxygen atoms in total. The molecule has 0 aromatic rings. The first-order chi connectivity index (χ1) is 6.27. The fourth-order valence-corrected chi connectivity index (χ4v) is 2.85. The number of hydrogen-bond acceptors (Lipinski definition) is 2. The minimum absolute atomic E-state index is 0.395. The molecule has 0 radical (unpaired) electrons. The Morgan fingerprint density at radius 1 is 1.23 bits per heavy atom. The zero-order valence-corrected chi connectivity index (χ0v) is 8.71. The molecule has 2 atom stereocenters. The van der Waals surface area contributed by atoms with Crippen LogP contribution in [0.3, 0.4) is 0 Å². The van der Waals surface area contributed by atoms with E-state index in [1.54, 1.807) is 0 Å². The van der Waals surface area contributed by atoms with Gasteiger partial charge in [0.05, 0.1) is 0 Å². The molecule has 13 heavy (non-hydrogen) atoms. The maximum Gasteiger partial charge on any atom is 0.00953 e. The second kappa shape index (κ2) is 3.97. The van der Waals surface area contributed by atoms with Crippen molar-refractivity contribution < 1.29 is 0 Å². The highest BCUT2D eigenvalue weighted by Gasteiger charge is 2.31. The molecular formula is C11H22N2. The maximum absolute atomic E-state index is 5.93. The van der Waals surface area contributed by atoms with E-state index in [0.717, 1.165) is 12.0 Å². The molecule has 76 valence electrons. The first kappa shape index (κ1) is 9.47. The van der Waals surface area contributed by atoms with Crippen molar-refractivity contribution in [2.24, 2.45) is 11.7 Å². The summed E-state index contributed by atoms with van der Waals surface area (Å²) in [6.07, 6.45) is 7.10. The number of likely N-dealkylation sites (tertiary alicyclic amines) is 1. The van der Waals surface area contributed by atoms with E-state index in [4.69, 9.17) is 5.73 Å². The van der Waals surface area contributed by atoms with Gasteiger partial charge in [-0.15, -0.1) is 0 Å². The molecule has 2 unspecified atom stereocenters. The lowest BCUT2D eigenvalue weighted by Gasteiger charge is -2.24. The molecule has 0 amide bonds. The van der Waals surface area contributed by atoms with Crippen LogP contribution in [0.15, 0.2) is 0 Å². The second-order valence-corrected chi connectivity index (χ2v) is 4.84. The first-order valence-electron chi connectivity index (χ1n) is 5.77. The predicted molar refractivity (Wildman–Crippen MR) is 55.6 cm³/mol. The van der Waals surface area contributed by atoms with E-state index >= 15 is 0 Å². The van der Waals surface area contributed by atoms with Crippen molar-refractivity contribution in [3.63, 3.8) is 0 Å². The fourth-order valence-electron chi connectivity index (χ4n) is 2.85. The van der Waals surface area contributed by atoms with Gasteiger partial charge in [0.15, 0.2) is 0 Å². The monoisotopic (exact) mass is 182 g/mol. The lowest BCUT2D eigenvalue weighted by molar-refractivity contribution is 0.233. The second-order valence-electron chi connectivity index (χ2n) is 4.84. The van der Waals surface area contributed by atoms with E-state index in [0.29, 0.717) is 6.04 Å². The summed E-state index contributed by atoms with van der Waals surface area (Å²) in [5, 5.41) is 0. The van der Waals surface area contributed by atoms with Crippen LogP contribution >= 0.6 is 0 Å².